The number of nitrogens with two attached hydrogens (primary N) is 1. The molecule has 176 valence electrons. The van der Waals surface area contributed by atoms with Crippen LogP contribution in [-0.4, -0.2) is 23.8 Å². The summed E-state index contributed by atoms with van der Waals surface area (Å²) in [4.78, 5) is 16.6. The van der Waals surface area contributed by atoms with E-state index in [9.17, 15) is 4.79 Å². The predicted octanol–water partition coefficient (Wildman–Crippen LogP) is 2.82. The summed E-state index contributed by atoms with van der Waals surface area (Å²) in [5.41, 5.74) is 17.4. The molecular formula is C26H30N6O2. The Morgan fingerprint density at radius 2 is 1.79 bits per heavy atom. The standard InChI is InChI=1S/C26H30N6O2/c1-2-6-24(33)29-19-11-13-20(14-12-19)30-26-23(17-28-32-31-26)25(27)18-9-15-22(16-10-18)34-21-7-4-3-5-8-21/h3-5,7-10,15-17,19-20,25,28,32H,11-14,27H2,1H3,(H,29,33)(H,30,31). The van der Waals surface area contributed by atoms with Gasteiger partial charge < -0.3 is 21.2 Å². The highest BCUT2D eigenvalue weighted by molar-refractivity contribution is 5.99. The molecule has 1 atom stereocenters. The van der Waals surface area contributed by atoms with Gasteiger partial charge in [-0.05, 0) is 68.4 Å². The van der Waals surface area contributed by atoms with E-state index in [1.807, 2.05) is 60.8 Å². The van der Waals surface area contributed by atoms with E-state index in [1.54, 1.807) is 6.92 Å². The lowest BCUT2D eigenvalue weighted by Gasteiger charge is -2.29. The van der Waals surface area contributed by atoms with Gasteiger partial charge in [0, 0.05) is 17.8 Å². The van der Waals surface area contributed by atoms with Crippen molar-refractivity contribution in [3.8, 4) is 23.3 Å². The molecule has 0 bridgehead atoms. The highest BCUT2D eigenvalue weighted by Crippen LogP contribution is 2.27. The number of amides is 1. The average Bonchev–Trinajstić information content (AvgIpc) is 2.86. The Morgan fingerprint density at radius 3 is 2.50 bits per heavy atom. The minimum Gasteiger partial charge on any atom is -0.457 e. The van der Waals surface area contributed by atoms with Gasteiger partial charge in [-0.3, -0.25) is 15.2 Å². The van der Waals surface area contributed by atoms with Crippen LogP contribution in [0, 0.1) is 11.8 Å². The molecule has 0 radical (unpaired) electrons. The summed E-state index contributed by atoms with van der Waals surface area (Å²) < 4.78 is 5.88. The number of hydrogen-bond acceptors (Lipinski definition) is 6. The SMILES string of the molecule is CC#CC(=O)NC1CCC(N=C2NNNC=C2C(N)c2ccc(Oc3ccccc3)cc2)CC1. The number of nitrogens with one attached hydrogen (secondary N) is 4. The summed E-state index contributed by atoms with van der Waals surface area (Å²) in [6, 6.07) is 17.4. The van der Waals surface area contributed by atoms with Crippen molar-refractivity contribution >= 4 is 11.7 Å². The van der Waals surface area contributed by atoms with Crippen molar-refractivity contribution in [1.82, 2.24) is 21.7 Å². The Balaban J connectivity index is 1.39. The van der Waals surface area contributed by atoms with Crippen molar-refractivity contribution in [1.29, 1.82) is 0 Å². The van der Waals surface area contributed by atoms with Gasteiger partial charge in [0.05, 0.1) is 12.1 Å². The average molecular weight is 459 g/mol. The van der Waals surface area contributed by atoms with E-state index >= 15 is 0 Å². The van der Waals surface area contributed by atoms with Crippen molar-refractivity contribution in [3.63, 3.8) is 0 Å². The molecule has 4 rings (SSSR count). The second kappa shape index (κ2) is 11.4. The number of carbonyl (C=O) groups excluding carboxylic acids is 1. The summed E-state index contributed by atoms with van der Waals surface area (Å²) in [7, 11) is 0. The fraction of sp³-hybridized carbons (Fsp3) is 0.308. The van der Waals surface area contributed by atoms with E-state index in [4.69, 9.17) is 15.5 Å². The van der Waals surface area contributed by atoms with Gasteiger partial charge in [-0.15, -0.1) is 5.53 Å². The molecule has 6 N–H and O–H groups in total. The first-order valence-electron chi connectivity index (χ1n) is 11.5. The summed E-state index contributed by atoms with van der Waals surface area (Å²) >= 11 is 0. The Hall–Kier alpha value is -3.80. The van der Waals surface area contributed by atoms with E-state index in [1.165, 1.54) is 0 Å². The number of carbonyl (C=O) groups is 1. The van der Waals surface area contributed by atoms with Gasteiger partial charge in [0.15, 0.2) is 0 Å². The molecule has 1 aliphatic heterocycles. The van der Waals surface area contributed by atoms with Gasteiger partial charge in [-0.25, -0.2) is 0 Å². The molecule has 1 fully saturated rings. The number of aliphatic imine (C=N–C) groups is 1. The lowest BCUT2D eigenvalue weighted by Crippen LogP contribution is -2.51. The van der Waals surface area contributed by atoms with Crippen LogP contribution < -0.4 is 32.2 Å². The number of para-hydroxylation sites is 1. The third kappa shape index (κ3) is 6.16. The lowest BCUT2D eigenvalue weighted by molar-refractivity contribution is -0.116. The van der Waals surface area contributed by atoms with Crippen molar-refractivity contribution < 1.29 is 9.53 Å². The third-order valence-corrected chi connectivity index (χ3v) is 5.89. The fourth-order valence-electron chi connectivity index (χ4n) is 4.11. The topological polar surface area (TPSA) is 113 Å². The Kier molecular flexibility index (Phi) is 7.81. The zero-order chi connectivity index (χ0) is 23.8. The van der Waals surface area contributed by atoms with Gasteiger partial charge in [0.2, 0.25) is 0 Å². The minimum atomic E-state index is -0.366. The molecule has 2 aromatic carbocycles. The number of ether oxygens (including phenoxy) is 1. The van der Waals surface area contributed by atoms with E-state index in [0.717, 1.165) is 54.2 Å². The third-order valence-electron chi connectivity index (χ3n) is 5.89. The second-order valence-corrected chi connectivity index (χ2v) is 8.29. The maximum absolute atomic E-state index is 11.7. The zero-order valence-corrected chi connectivity index (χ0v) is 19.2. The normalized spacial score (nSPS) is 21.7. The molecule has 1 aliphatic carbocycles. The number of hydrazine groups is 2. The molecule has 0 saturated heterocycles. The molecule has 1 saturated carbocycles. The molecule has 1 amide bonds. The monoisotopic (exact) mass is 458 g/mol. The number of benzene rings is 2. The molecule has 8 heteroatoms. The number of rotatable bonds is 6. The van der Waals surface area contributed by atoms with Crippen LogP contribution in [0.25, 0.3) is 0 Å². The largest absolute Gasteiger partial charge is 0.457 e. The Morgan fingerprint density at radius 1 is 1.09 bits per heavy atom. The molecule has 0 spiro atoms. The van der Waals surface area contributed by atoms with Crippen molar-refractivity contribution in [2.45, 2.75) is 50.7 Å². The molecule has 2 aliphatic rings. The minimum absolute atomic E-state index is 0.151. The van der Waals surface area contributed by atoms with Crippen molar-refractivity contribution in [2.24, 2.45) is 10.7 Å². The number of hydrogen-bond donors (Lipinski definition) is 5. The maximum Gasteiger partial charge on any atom is 0.296 e. The van der Waals surface area contributed by atoms with Crippen LogP contribution in [0.3, 0.4) is 0 Å². The van der Waals surface area contributed by atoms with Crippen LogP contribution in [0.5, 0.6) is 11.5 Å². The maximum atomic E-state index is 11.7. The van der Waals surface area contributed by atoms with E-state index in [0.29, 0.717) is 0 Å². The first-order valence-corrected chi connectivity index (χ1v) is 11.5. The molecule has 1 heterocycles. The van der Waals surface area contributed by atoms with E-state index in [-0.39, 0.29) is 24.0 Å². The zero-order valence-electron chi connectivity index (χ0n) is 19.2. The summed E-state index contributed by atoms with van der Waals surface area (Å²) in [5, 5.41) is 2.97. The van der Waals surface area contributed by atoms with Crippen LogP contribution in [0.15, 0.2) is 71.4 Å². The Labute approximate surface area is 200 Å². The predicted molar refractivity (Wildman–Crippen MR) is 132 cm³/mol. The molecule has 2 aromatic rings. The smallest absolute Gasteiger partial charge is 0.296 e. The van der Waals surface area contributed by atoms with Gasteiger partial charge in [-0.1, -0.05) is 36.3 Å². The summed E-state index contributed by atoms with van der Waals surface area (Å²) in [5.74, 6) is 7.22. The van der Waals surface area contributed by atoms with Gasteiger partial charge in [-0.2, -0.15) is 0 Å². The van der Waals surface area contributed by atoms with E-state index < -0.39 is 0 Å². The molecular weight excluding hydrogens is 428 g/mol. The van der Waals surface area contributed by atoms with Crippen LogP contribution in [0.4, 0.5) is 0 Å². The molecule has 0 aromatic heterocycles. The molecule has 8 nitrogen and oxygen atoms in total. The number of amidine groups is 1. The van der Waals surface area contributed by atoms with Crippen LogP contribution >= 0.6 is 0 Å². The lowest BCUT2D eigenvalue weighted by atomic mass is 9.91. The van der Waals surface area contributed by atoms with Gasteiger partial charge in [0.1, 0.15) is 17.3 Å². The quantitative estimate of drug-likeness (QED) is 0.426. The van der Waals surface area contributed by atoms with Gasteiger partial charge >= 0.3 is 0 Å². The first kappa shape index (κ1) is 23.4. The van der Waals surface area contributed by atoms with Crippen LogP contribution in [-0.2, 0) is 4.79 Å². The Bertz CT molecular complexity index is 1090. The summed E-state index contributed by atoms with van der Waals surface area (Å²) in [6.07, 6.45) is 5.36. The fourth-order valence-corrected chi connectivity index (χ4v) is 4.11. The van der Waals surface area contributed by atoms with Crippen molar-refractivity contribution in [2.75, 3.05) is 0 Å². The summed E-state index contributed by atoms with van der Waals surface area (Å²) in [6.45, 7) is 1.66. The van der Waals surface area contributed by atoms with E-state index in [2.05, 4.69) is 33.5 Å². The van der Waals surface area contributed by atoms with Crippen LogP contribution in [0.2, 0.25) is 0 Å². The van der Waals surface area contributed by atoms with Gasteiger partial charge in [0.25, 0.3) is 5.91 Å². The molecule has 1 unspecified atom stereocenters. The van der Waals surface area contributed by atoms with Crippen molar-refractivity contribution in [3.05, 3.63) is 71.9 Å². The second-order valence-electron chi connectivity index (χ2n) is 8.29. The van der Waals surface area contributed by atoms with Crippen LogP contribution in [0.1, 0.15) is 44.2 Å². The number of nitrogens with zero attached hydrogens (tertiary/aromatic N) is 1. The molecule has 34 heavy (non-hydrogen) atoms. The first-order chi connectivity index (χ1) is 16.6. The highest BCUT2D eigenvalue weighted by atomic mass is 16.5. The highest BCUT2D eigenvalue weighted by Gasteiger charge is 2.25.